The first-order valence-electron chi connectivity index (χ1n) is 7.04. The number of carbonyl (C=O) groups is 1. The highest BCUT2D eigenvalue weighted by atomic mass is 79.9. The van der Waals surface area contributed by atoms with Crippen molar-refractivity contribution >= 4 is 50.6 Å². The maximum absolute atomic E-state index is 12.1. The maximum Gasteiger partial charge on any atom is 0.263 e. The fourth-order valence-electron chi connectivity index (χ4n) is 2.03. The molecule has 3 aromatic rings. The summed E-state index contributed by atoms with van der Waals surface area (Å²) in [7, 11) is 0. The molecule has 0 bridgehead atoms. The predicted octanol–water partition coefficient (Wildman–Crippen LogP) is 4.43. The van der Waals surface area contributed by atoms with E-state index in [2.05, 4.69) is 26.3 Å². The number of amides is 1. The zero-order valence-electron chi connectivity index (χ0n) is 12.4. The Balaban J connectivity index is 1.59. The minimum absolute atomic E-state index is 0.126. The lowest BCUT2D eigenvalue weighted by Gasteiger charge is -2.10. The van der Waals surface area contributed by atoms with Gasteiger partial charge in [0.05, 0.1) is 17.8 Å². The van der Waals surface area contributed by atoms with Gasteiger partial charge in [-0.15, -0.1) is 11.3 Å². The molecule has 0 spiro atoms. The van der Waals surface area contributed by atoms with Gasteiger partial charge in [0.2, 0.25) is 0 Å². The fourth-order valence-corrected chi connectivity index (χ4v) is 3.66. The largest absolute Gasteiger partial charge is 0.482 e. The van der Waals surface area contributed by atoms with Gasteiger partial charge in [-0.05, 0) is 34.1 Å². The number of para-hydroxylation sites is 1. The van der Waals surface area contributed by atoms with Crippen LogP contribution < -0.4 is 10.1 Å². The summed E-state index contributed by atoms with van der Waals surface area (Å²) in [5, 5.41) is 9.51. The average molecular weight is 427 g/mol. The van der Waals surface area contributed by atoms with Crippen molar-refractivity contribution < 1.29 is 9.53 Å². The molecule has 0 radical (unpaired) electrons. The van der Waals surface area contributed by atoms with Crippen LogP contribution in [0.5, 0.6) is 5.75 Å². The van der Waals surface area contributed by atoms with Crippen LogP contribution in [-0.2, 0) is 11.3 Å². The SMILES string of the molecule is O=C(COc1ccccc1Cl)Nc1ccnn1Cc1cc(Br)cs1. The number of rotatable bonds is 6. The van der Waals surface area contributed by atoms with E-state index in [0.29, 0.717) is 23.1 Å². The molecule has 0 aliphatic carbocycles. The molecule has 0 aliphatic heterocycles. The van der Waals surface area contributed by atoms with Crippen molar-refractivity contribution in [3.05, 3.63) is 62.3 Å². The van der Waals surface area contributed by atoms with Gasteiger partial charge in [-0.25, -0.2) is 4.68 Å². The number of anilines is 1. The summed E-state index contributed by atoms with van der Waals surface area (Å²) in [6, 6.07) is 10.8. The standard InChI is InChI=1S/C16H13BrClN3O2S/c17-11-7-12(24-10-11)8-21-15(5-6-19-21)20-16(22)9-23-14-4-2-1-3-13(14)18/h1-7,10H,8-9H2,(H,20,22). The molecule has 2 heterocycles. The van der Waals surface area contributed by atoms with E-state index in [1.165, 1.54) is 0 Å². The number of halogens is 2. The highest BCUT2D eigenvalue weighted by molar-refractivity contribution is 9.10. The van der Waals surface area contributed by atoms with E-state index >= 15 is 0 Å². The summed E-state index contributed by atoms with van der Waals surface area (Å²) < 4.78 is 8.19. The number of carbonyl (C=O) groups excluding carboxylic acids is 1. The minimum Gasteiger partial charge on any atom is -0.482 e. The minimum atomic E-state index is -0.274. The highest BCUT2D eigenvalue weighted by Gasteiger charge is 2.10. The van der Waals surface area contributed by atoms with Crippen LogP contribution in [0.4, 0.5) is 5.82 Å². The molecule has 8 heteroatoms. The molecular weight excluding hydrogens is 414 g/mol. The topological polar surface area (TPSA) is 56.1 Å². The lowest BCUT2D eigenvalue weighted by atomic mass is 10.3. The van der Waals surface area contributed by atoms with Gasteiger partial charge in [0, 0.05) is 20.8 Å². The van der Waals surface area contributed by atoms with Crippen LogP contribution >= 0.6 is 38.9 Å². The zero-order chi connectivity index (χ0) is 16.9. The summed E-state index contributed by atoms with van der Waals surface area (Å²) in [5.41, 5.74) is 0. The van der Waals surface area contributed by atoms with Crippen LogP contribution in [0.25, 0.3) is 0 Å². The fraction of sp³-hybridized carbons (Fsp3) is 0.125. The van der Waals surface area contributed by atoms with E-state index in [9.17, 15) is 4.79 Å². The van der Waals surface area contributed by atoms with Crippen molar-refractivity contribution in [3.63, 3.8) is 0 Å². The van der Waals surface area contributed by atoms with E-state index in [0.717, 1.165) is 9.35 Å². The van der Waals surface area contributed by atoms with Gasteiger partial charge in [0.1, 0.15) is 11.6 Å². The van der Waals surface area contributed by atoms with E-state index < -0.39 is 0 Å². The first-order valence-corrected chi connectivity index (χ1v) is 9.09. The van der Waals surface area contributed by atoms with Gasteiger partial charge < -0.3 is 10.1 Å². The summed E-state index contributed by atoms with van der Waals surface area (Å²) in [6.07, 6.45) is 1.65. The van der Waals surface area contributed by atoms with Gasteiger partial charge in [0.25, 0.3) is 5.91 Å². The molecule has 3 rings (SSSR count). The Morgan fingerprint density at radius 1 is 1.38 bits per heavy atom. The second kappa shape index (κ2) is 7.83. The third-order valence-electron chi connectivity index (χ3n) is 3.11. The Hall–Kier alpha value is -1.83. The second-order valence-electron chi connectivity index (χ2n) is 4.87. The number of hydrogen-bond acceptors (Lipinski definition) is 4. The Morgan fingerprint density at radius 2 is 2.21 bits per heavy atom. The predicted molar refractivity (Wildman–Crippen MR) is 98.9 cm³/mol. The van der Waals surface area contributed by atoms with Crippen LogP contribution in [0, 0.1) is 0 Å². The van der Waals surface area contributed by atoms with Crippen LogP contribution in [-0.4, -0.2) is 22.3 Å². The van der Waals surface area contributed by atoms with Gasteiger partial charge in [-0.1, -0.05) is 23.7 Å². The Morgan fingerprint density at radius 3 is 2.96 bits per heavy atom. The van der Waals surface area contributed by atoms with Crippen LogP contribution in [0.15, 0.2) is 52.4 Å². The number of thiophene rings is 1. The molecular formula is C16H13BrClN3O2S. The van der Waals surface area contributed by atoms with E-state index in [4.69, 9.17) is 16.3 Å². The van der Waals surface area contributed by atoms with Crippen molar-refractivity contribution in [2.24, 2.45) is 0 Å². The number of aromatic nitrogens is 2. The number of nitrogens with zero attached hydrogens (tertiary/aromatic N) is 2. The van der Waals surface area contributed by atoms with Crippen LogP contribution in [0.2, 0.25) is 5.02 Å². The van der Waals surface area contributed by atoms with Crippen molar-refractivity contribution in [1.82, 2.24) is 9.78 Å². The molecule has 1 aromatic carbocycles. The highest BCUT2D eigenvalue weighted by Crippen LogP contribution is 2.23. The first-order chi connectivity index (χ1) is 11.6. The first kappa shape index (κ1) is 17.0. The van der Waals surface area contributed by atoms with Gasteiger partial charge in [-0.2, -0.15) is 5.10 Å². The molecule has 0 unspecified atom stereocenters. The summed E-state index contributed by atoms with van der Waals surface area (Å²) in [4.78, 5) is 13.2. The lowest BCUT2D eigenvalue weighted by molar-refractivity contribution is -0.118. The number of nitrogens with one attached hydrogen (secondary N) is 1. The van der Waals surface area contributed by atoms with Gasteiger partial charge in [-0.3, -0.25) is 4.79 Å². The van der Waals surface area contributed by atoms with Gasteiger partial charge >= 0.3 is 0 Å². The van der Waals surface area contributed by atoms with Crippen LogP contribution in [0.1, 0.15) is 4.88 Å². The Kier molecular flexibility index (Phi) is 5.55. The van der Waals surface area contributed by atoms with Gasteiger partial charge in [0.15, 0.2) is 6.61 Å². The van der Waals surface area contributed by atoms with Crippen LogP contribution in [0.3, 0.4) is 0 Å². The molecule has 0 aliphatic rings. The third kappa shape index (κ3) is 4.37. The molecule has 1 amide bonds. The zero-order valence-corrected chi connectivity index (χ0v) is 15.6. The number of benzene rings is 1. The normalized spacial score (nSPS) is 10.6. The van der Waals surface area contributed by atoms with E-state index in [1.807, 2.05) is 11.4 Å². The molecule has 5 nitrogen and oxygen atoms in total. The van der Waals surface area contributed by atoms with E-state index in [-0.39, 0.29) is 12.5 Å². The van der Waals surface area contributed by atoms with E-state index in [1.54, 1.807) is 52.5 Å². The quantitative estimate of drug-likeness (QED) is 0.634. The summed E-state index contributed by atoms with van der Waals surface area (Å²) in [6.45, 7) is 0.462. The van der Waals surface area contributed by atoms with Crippen molar-refractivity contribution in [2.75, 3.05) is 11.9 Å². The smallest absolute Gasteiger partial charge is 0.263 e. The van der Waals surface area contributed by atoms with Crippen molar-refractivity contribution in [2.45, 2.75) is 6.54 Å². The monoisotopic (exact) mass is 425 g/mol. The summed E-state index contributed by atoms with van der Waals surface area (Å²) in [5.74, 6) is 0.822. The van der Waals surface area contributed by atoms with Crippen molar-refractivity contribution in [1.29, 1.82) is 0 Å². The number of ether oxygens (including phenoxy) is 1. The maximum atomic E-state index is 12.1. The Labute approximate surface area is 156 Å². The second-order valence-corrected chi connectivity index (χ2v) is 7.19. The summed E-state index contributed by atoms with van der Waals surface area (Å²) >= 11 is 11.0. The molecule has 124 valence electrons. The molecule has 24 heavy (non-hydrogen) atoms. The molecule has 0 saturated heterocycles. The lowest BCUT2D eigenvalue weighted by Crippen LogP contribution is -2.22. The average Bonchev–Trinajstić information content (AvgIpc) is 3.16. The van der Waals surface area contributed by atoms with Crippen molar-refractivity contribution in [3.8, 4) is 5.75 Å². The molecule has 2 aromatic heterocycles. The molecule has 0 saturated carbocycles. The molecule has 0 atom stereocenters. The molecule has 1 N–H and O–H groups in total. The Bertz CT molecular complexity index is 849. The number of hydrogen-bond donors (Lipinski definition) is 1. The third-order valence-corrected chi connectivity index (χ3v) is 5.10. The molecule has 0 fully saturated rings.